The van der Waals surface area contributed by atoms with Crippen molar-refractivity contribution in [3.05, 3.63) is 16.3 Å². The van der Waals surface area contributed by atoms with Crippen LogP contribution in [-0.4, -0.2) is 66.7 Å². The van der Waals surface area contributed by atoms with Crippen molar-refractivity contribution in [1.82, 2.24) is 20.2 Å². The molecule has 0 bridgehead atoms. The number of ether oxygens (including phenoxy) is 1. The van der Waals surface area contributed by atoms with Gasteiger partial charge in [0, 0.05) is 37.6 Å². The van der Waals surface area contributed by atoms with Crippen LogP contribution in [-0.2, 0) is 16.1 Å². The van der Waals surface area contributed by atoms with Gasteiger partial charge in [0.1, 0.15) is 16.5 Å². The molecule has 2 fully saturated rings. The first-order chi connectivity index (χ1) is 14.6. The van der Waals surface area contributed by atoms with E-state index in [0.717, 1.165) is 93.6 Å². The largest absolute Gasteiger partial charge is 0.379 e. The van der Waals surface area contributed by atoms with Gasteiger partial charge in [0.2, 0.25) is 5.91 Å². The molecule has 1 atom stereocenters. The molecule has 2 aromatic heterocycles. The third-order valence-corrected chi connectivity index (χ3v) is 7.27. The molecule has 4 heterocycles. The zero-order chi connectivity index (χ0) is 21.1. The van der Waals surface area contributed by atoms with Gasteiger partial charge >= 0.3 is 0 Å². The number of morpholine rings is 1. The number of rotatable bonds is 6. The molecule has 164 valence electrons. The topological polar surface area (TPSA) is 70.6 Å². The second kappa shape index (κ2) is 9.58. The molecule has 7 nitrogen and oxygen atoms in total. The van der Waals surface area contributed by atoms with E-state index in [1.54, 1.807) is 11.3 Å². The van der Waals surface area contributed by atoms with Gasteiger partial charge < -0.3 is 15.0 Å². The van der Waals surface area contributed by atoms with E-state index in [-0.39, 0.29) is 11.8 Å². The fourth-order valence-corrected chi connectivity index (χ4v) is 5.35. The highest BCUT2D eigenvalue weighted by molar-refractivity contribution is 7.18. The third kappa shape index (κ3) is 4.60. The summed E-state index contributed by atoms with van der Waals surface area (Å²) >= 11 is 1.75. The predicted octanol–water partition coefficient (Wildman–Crippen LogP) is 2.88. The standard InChI is InChI=1S/C22H33N5O2S/c1-4-7-23-21(28)17-6-5-8-27(13-17)20-19-15(2)16(3)30-22(19)25-18(24-20)14-26-9-11-29-12-10-26/h17H,4-14H2,1-3H3,(H,23,28). The Morgan fingerprint density at radius 2 is 2.03 bits per heavy atom. The minimum absolute atomic E-state index is 0.0260. The monoisotopic (exact) mass is 431 g/mol. The Labute approximate surface area is 182 Å². The average molecular weight is 432 g/mol. The number of aryl methyl sites for hydroxylation is 2. The number of aromatic nitrogens is 2. The third-order valence-electron chi connectivity index (χ3n) is 6.17. The number of nitrogens with zero attached hydrogens (tertiary/aromatic N) is 4. The zero-order valence-corrected chi connectivity index (χ0v) is 19.2. The minimum Gasteiger partial charge on any atom is -0.379 e. The number of thiophene rings is 1. The van der Waals surface area contributed by atoms with Gasteiger partial charge in [-0.1, -0.05) is 6.92 Å². The number of amides is 1. The fraction of sp³-hybridized carbons (Fsp3) is 0.682. The molecule has 2 saturated heterocycles. The van der Waals surface area contributed by atoms with Crippen LogP contribution < -0.4 is 10.2 Å². The van der Waals surface area contributed by atoms with E-state index in [1.807, 2.05) is 0 Å². The lowest BCUT2D eigenvalue weighted by atomic mass is 9.96. The minimum atomic E-state index is 0.0260. The van der Waals surface area contributed by atoms with Crippen LogP contribution >= 0.6 is 11.3 Å². The highest BCUT2D eigenvalue weighted by Crippen LogP contribution is 2.36. The van der Waals surface area contributed by atoms with Crippen LogP contribution in [0.15, 0.2) is 0 Å². The summed E-state index contributed by atoms with van der Waals surface area (Å²) in [5, 5.41) is 4.24. The molecule has 8 heteroatoms. The van der Waals surface area contributed by atoms with Crippen LogP contribution in [0.25, 0.3) is 10.2 Å². The number of hydrogen-bond acceptors (Lipinski definition) is 7. The highest BCUT2D eigenvalue weighted by Gasteiger charge is 2.29. The number of carbonyl (C=O) groups is 1. The van der Waals surface area contributed by atoms with Gasteiger partial charge in [-0.2, -0.15) is 0 Å². The summed E-state index contributed by atoms with van der Waals surface area (Å²) in [5.74, 6) is 2.09. The number of piperidine rings is 1. The first kappa shape index (κ1) is 21.5. The van der Waals surface area contributed by atoms with E-state index in [1.165, 1.54) is 10.4 Å². The van der Waals surface area contributed by atoms with E-state index in [4.69, 9.17) is 14.7 Å². The lowest BCUT2D eigenvalue weighted by Crippen LogP contribution is -2.43. The predicted molar refractivity (Wildman–Crippen MR) is 121 cm³/mol. The molecule has 1 N–H and O–H groups in total. The SMILES string of the molecule is CCCNC(=O)C1CCCN(c2nc(CN3CCOCC3)nc3sc(C)c(C)c23)C1. The number of nitrogens with one attached hydrogen (secondary N) is 1. The highest BCUT2D eigenvalue weighted by atomic mass is 32.1. The van der Waals surface area contributed by atoms with E-state index < -0.39 is 0 Å². The number of carbonyl (C=O) groups excluding carboxylic acids is 1. The maximum absolute atomic E-state index is 12.6. The van der Waals surface area contributed by atoms with E-state index in [9.17, 15) is 4.79 Å². The van der Waals surface area contributed by atoms with Gasteiger partial charge in [0.15, 0.2) is 0 Å². The smallest absolute Gasteiger partial charge is 0.224 e. The van der Waals surface area contributed by atoms with Gasteiger partial charge in [0.25, 0.3) is 0 Å². The molecule has 0 aliphatic carbocycles. The molecule has 1 unspecified atom stereocenters. The van der Waals surface area contributed by atoms with Crippen LogP contribution in [0, 0.1) is 19.8 Å². The number of hydrogen-bond donors (Lipinski definition) is 1. The Bertz CT molecular complexity index is 893. The molecular weight excluding hydrogens is 398 g/mol. The normalized spacial score (nSPS) is 20.6. The van der Waals surface area contributed by atoms with E-state index in [0.29, 0.717) is 0 Å². The Kier molecular flexibility index (Phi) is 6.85. The van der Waals surface area contributed by atoms with Crippen molar-refractivity contribution >= 4 is 33.3 Å². The van der Waals surface area contributed by atoms with Crippen molar-refractivity contribution in [2.45, 2.75) is 46.6 Å². The second-order valence-electron chi connectivity index (χ2n) is 8.39. The molecule has 0 saturated carbocycles. The van der Waals surface area contributed by atoms with Gasteiger partial charge in [-0.3, -0.25) is 9.69 Å². The molecule has 2 aromatic rings. The Hall–Kier alpha value is -1.77. The first-order valence-corrected chi connectivity index (χ1v) is 12.0. The summed E-state index contributed by atoms with van der Waals surface area (Å²) in [5.41, 5.74) is 1.26. The number of fused-ring (bicyclic) bond motifs is 1. The Morgan fingerprint density at radius 3 is 2.80 bits per heavy atom. The number of anilines is 1. The summed E-state index contributed by atoms with van der Waals surface area (Å²) in [7, 11) is 0. The quantitative estimate of drug-likeness (QED) is 0.758. The maximum atomic E-state index is 12.6. The lowest BCUT2D eigenvalue weighted by molar-refractivity contribution is -0.125. The van der Waals surface area contributed by atoms with Crippen LogP contribution in [0.1, 0.15) is 42.5 Å². The molecule has 30 heavy (non-hydrogen) atoms. The summed E-state index contributed by atoms with van der Waals surface area (Å²) in [4.78, 5) is 29.6. The maximum Gasteiger partial charge on any atom is 0.224 e. The van der Waals surface area contributed by atoms with Gasteiger partial charge in [-0.15, -0.1) is 11.3 Å². The van der Waals surface area contributed by atoms with Gasteiger partial charge in [-0.05, 0) is 38.7 Å². The summed E-state index contributed by atoms with van der Waals surface area (Å²) in [6.45, 7) is 13.0. The molecule has 2 aliphatic rings. The van der Waals surface area contributed by atoms with Crippen LogP contribution in [0.3, 0.4) is 0 Å². The first-order valence-electron chi connectivity index (χ1n) is 11.2. The van der Waals surface area contributed by atoms with E-state index >= 15 is 0 Å². The Balaban J connectivity index is 1.63. The van der Waals surface area contributed by atoms with Crippen LogP contribution in [0.2, 0.25) is 0 Å². The molecule has 1 amide bonds. The molecule has 0 aromatic carbocycles. The zero-order valence-electron chi connectivity index (χ0n) is 18.4. The van der Waals surface area contributed by atoms with Crippen molar-refractivity contribution in [2.75, 3.05) is 50.8 Å². The van der Waals surface area contributed by atoms with Crippen LogP contribution in [0.4, 0.5) is 5.82 Å². The van der Waals surface area contributed by atoms with Crippen molar-refractivity contribution < 1.29 is 9.53 Å². The fourth-order valence-electron chi connectivity index (χ4n) is 4.31. The summed E-state index contributed by atoms with van der Waals surface area (Å²) in [6.07, 6.45) is 2.92. The average Bonchev–Trinajstić information content (AvgIpc) is 3.05. The lowest BCUT2D eigenvalue weighted by Gasteiger charge is -2.34. The van der Waals surface area contributed by atoms with E-state index in [2.05, 4.69) is 35.9 Å². The molecule has 2 aliphatic heterocycles. The van der Waals surface area contributed by atoms with Gasteiger partial charge in [0.05, 0.1) is 31.1 Å². The Morgan fingerprint density at radius 1 is 1.23 bits per heavy atom. The van der Waals surface area contributed by atoms with Crippen molar-refractivity contribution in [2.24, 2.45) is 5.92 Å². The summed E-state index contributed by atoms with van der Waals surface area (Å²) < 4.78 is 5.48. The van der Waals surface area contributed by atoms with Crippen molar-refractivity contribution in [1.29, 1.82) is 0 Å². The molecule has 4 rings (SSSR count). The molecule has 0 spiro atoms. The van der Waals surface area contributed by atoms with Crippen molar-refractivity contribution in [3.63, 3.8) is 0 Å². The van der Waals surface area contributed by atoms with Gasteiger partial charge in [-0.25, -0.2) is 9.97 Å². The van der Waals surface area contributed by atoms with Crippen LogP contribution in [0.5, 0.6) is 0 Å². The van der Waals surface area contributed by atoms with Crippen molar-refractivity contribution in [3.8, 4) is 0 Å². The molecule has 0 radical (unpaired) electrons. The molecular formula is C22H33N5O2S. The second-order valence-corrected chi connectivity index (χ2v) is 9.59. The summed E-state index contributed by atoms with van der Waals surface area (Å²) in [6, 6.07) is 0.